The van der Waals surface area contributed by atoms with Gasteiger partial charge in [0.15, 0.2) is 0 Å². The van der Waals surface area contributed by atoms with E-state index in [4.69, 9.17) is 0 Å². The number of rotatable bonds is 6. The van der Waals surface area contributed by atoms with Crippen molar-refractivity contribution in [1.82, 2.24) is 4.57 Å². The van der Waals surface area contributed by atoms with E-state index in [1.54, 1.807) is 10.6 Å². The van der Waals surface area contributed by atoms with Crippen molar-refractivity contribution < 1.29 is 5.11 Å². The van der Waals surface area contributed by atoms with Gasteiger partial charge in [0, 0.05) is 12.1 Å². The van der Waals surface area contributed by atoms with Gasteiger partial charge in [0.05, 0.1) is 12.3 Å². The first kappa shape index (κ1) is 14.5. The normalized spacial score (nSPS) is 10.7. The standard InChI is InChI=1S/C17H21NO2/c1-2-3-7-12-18-16(14-8-5-4-6-9-14)11-10-15(13-19)17(18)20/h4-6,8-11,19H,2-3,7,12-13H2,1H3. The van der Waals surface area contributed by atoms with Crippen LogP contribution in [0.25, 0.3) is 11.3 Å². The molecule has 106 valence electrons. The van der Waals surface area contributed by atoms with Gasteiger partial charge >= 0.3 is 0 Å². The number of aliphatic hydroxyl groups excluding tert-OH is 1. The maximum Gasteiger partial charge on any atom is 0.256 e. The Hall–Kier alpha value is -1.87. The van der Waals surface area contributed by atoms with Gasteiger partial charge < -0.3 is 9.67 Å². The highest BCUT2D eigenvalue weighted by Crippen LogP contribution is 2.18. The summed E-state index contributed by atoms with van der Waals surface area (Å²) in [6, 6.07) is 13.6. The van der Waals surface area contributed by atoms with Crippen molar-refractivity contribution in [2.75, 3.05) is 0 Å². The lowest BCUT2D eigenvalue weighted by atomic mass is 10.1. The van der Waals surface area contributed by atoms with E-state index in [0.717, 1.165) is 30.5 Å². The zero-order valence-electron chi connectivity index (χ0n) is 11.9. The van der Waals surface area contributed by atoms with Crippen molar-refractivity contribution in [2.24, 2.45) is 0 Å². The lowest BCUT2D eigenvalue weighted by Gasteiger charge is -2.14. The number of benzene rings is 1. The predicted molar refractivity (Wildman–Crippen MR) is 81.6 cm³/mol. The predicted octanol–water partition coefficient (Wildman–Crippen LogP) is 3.20. The molecule has 0 aliphatic heterocycles. The fourth-order valence-electron chi connectivity index (χ4n) is 2.35. The van der Waals surface area contributed by atoms with E-state index < -0.39 is 0 Å². The quantitative estimate of drug-likeness (QED) is 0.820. The lowest BCUT2D eigenvalue weighted by molar-refractivity contribution is 0.279. The van der Waals surface area contributed by atoms with Crippen molar-refractivity contribution in [3.05, 3.63) is 58.4 Å². The Morgan fingerprint density at radius 1 is 1.05 bits per heavy atom. The Labute approximate surface area is 119 Å². The van der Waals surface area contributed by atoms with Gasteiger partial charge in [-0.1, -0.05) is 50.1 Å². The van der Waals surface area contributed by atoms with Crippen LogP contribution in [0, 0.1) is 0 Å². The molecule has 0 bridgehead atoms. The number of aliphatic hydroxyl groups is 1. The zero-order valence-corrected chi connectivity index (χ0v) is 11.9. The Balaban J connectivity index is 2.45. The maximum absolute atomic E-state index is 12.4. The molecular formula is C17H21NO2. The third-order valence-corrected chi connectivity index (χ3v) is 3.48. The van der Waals surface area contributed by atoms with Crippen LogP contribution in [0.5, 0.6) is 0 Å². The van der Waals surface area contributed by atoms with Crippen molar-refractivity contribution in [3.63, 3.8) is 0 Å². The summed E-state index contributed by atoms with van der Waals surface area (Å²) in [7, 11) is 0. The van der Waals surface area contributed by atoms with Gasteiger partial charge in [-0.05, 0) is 24.1 Å². The first-order chi connectivity index (χ1) is 9.77. The van der Waals surface area contributed by atoms with Gasteiger partial charge in [-0.15, -0.1) is 0 Å². The maximum atomic E-state index is 12.4. The molecule has 1 aromatic heterocycles. The monoisotopic (exact) mass is 271 g/mol. The van der Waals surface area contributed by atoms with Crippen molar-refractivity contribution >= 4 is 0 Å². The molecule has 0 spiro atoms. The van der Waals surface area contributed by atoms with Gasteiger partial charge in [0.2, 0.25) is 0 Å². The van der Waals surface area contributed by atoms with E-state index in [1.165, 1.54) is 0 Å². The van der Waals surface area contributed by atoms with Crippen LogP contribution in [0.4, 0.5) is 0 Å². The summed E-state index contributed by atoms with van der Waals surface area (Å²) in [5, 5.41) is 9.26. The second-order valence-electron chi connectivity index (χ2n) is 4.93. The van der Waals surface area contributed by atoms with Crippen molar-refractivity contribution in [1.29, 1.82) is 0 Å². The lowest BCUT2D eigenvalue weighted by Crippen LogP contribution is -2.25. The average Bonchev–Trinajstić information content (AvgIpc) is 2.50. The Morgan fingerprint density at radius 2 is 1.80 bits per heavy atom. The molecular weight excluding hydrogens is 250 g/mol. The van der Waals surface area contributed by atoms with E-state index in [2.05, 4.69) is 6.92 Å². The molecule has 1 N–H and O–H groups in total. The van der Waals surface area contributed by atoms with Crippen LogP contribution in [0.1, 0.15) is 31.7 Å². The summed E-state index contributed by atoms with van der Waals surface area (Å²) in [6.07, 6.45) is 3.20. The van der Waals surface area contributed by atoms with E-state index in [-0.39, 0.29) is 12.2 Å². The summed E-state index contributed by atoms with van der Waals surface area (Å²) in [4.78, 5) is 12.4. The molecule has 1 heterocycles. The first-order valence-electron chi connectivity index (χ1n) is 7.17. The summed E-state index contributed by atoms with van der Waals surface area (Å²) >= 11 is 0. The van der Waals surface area contributed by atoms with Crippen LogP contribution in [0.15, 0.2) is 47.3 Å². The second-order valence-corrected chi connectivity index (χ2v) is 4.93. The molecule has 1 aromatic carbocycles. The molecule has 2 rings (SSSR count). The summed E-state index contributed by atoms with van der Waals surface area (Å²) in [6.45, 7) is 2.64. The molecule has 0 radical (unpaired) electrons. The van der Waals surface area contributed by atoms with E-state index >= 15 is 0 Å². The molecule has 0 unspecified atom stereocenters. The molecule has 0 aliphatic carbocycles. The minimum absolute atomic E-state index is 0.0787. The zero-order chi connectivity index (χ0) is 14.4. The number of hydrogen-bond donors (Lipinski definition) is 1. The Bertz CT molecular complexity index is 602. The number of aromatic nitrogens is 1. The number of pyridine rings is 1. The Morgan fingerprint density at radius 3 is 2.45 bits per heavy atom. The molecule has 0 fully saturated rings. The minimum Gasteiger partial charge on any atom is -0.391 e. The highest BCUT2D eigenvalue weighted by atomic mass is 16.3. The largest absolute Gasteiger partial charge is 0.391 e. The average molecular weight is 271 g/mol. The van der Waals surface area contributed by atoms with Crippen LogP contribution < -0.4 is 5.56 Å². The molecule has 0 amide bonds. The number of nitrogens with zero attached hydrogens (tertiary/aromatic N) is 1. The van der Waals surface area contributed by atoms with Crippen LogP contribution in [0.2, 0.25) is 0 Å². The molecule has 20 heavy (non-hydrogen) atoms. The van der Waals surface area contributed by atoms with Gasteiger partial charge in [0.1, 0.15) is 0 Å². The van der Waals surface area contributed by atoms with Crippen LogP contribution in [-0.4, -0.2) is 9.67 Å². The smallest absolute Gasteiger partial charge is 0.256 e. The molecule has 3 heteroatoms. The minimum atomic E-state index is -0.207. The van der Waals surface area contributed by atoms with Crippen LogP contribution in [-0.2, 0) is 13.2 Å². The summed E-state index contributed by atoms with van der Waals surface area (Å²) < 4.78 is 1.79. The van der Waals surface area contributed by atoms with Gasteiger partial charge in [-0.25, -0.2) is 0 Å². The fraction of sp³-hybridized carbons (Fsp3) is 0.353. The number of unbranched alkanes of at least 4 members (excludes halogenated alkanes) is 2. The molecule has 3 nitrogen and oxygen atoms in total. The van der Waals surface area contributed by atoms with E-state index in [1.807, 2.05) is 36.4 Å². The van der Waals surface area contributed by atoms with Gasteiger partial charge in [0.25, 0.3) is 5.56 Å². The van der Waals surface area contributed by atoms with Crippen LogP contribution >= 0.6 is 0 Å². The Kier molecular flexibility index (Phi) is 5.13. The SMILES string of the molecule is CCCCCn1c(-c2ccccc2)ccc(CO)c1=O. The first-order valence-corrected chi connectivity index (χ1v) is 7.17. The van der Waals surface area contributed by atoms with Gasteiger partial charge in [-0.3, -0.25) is 4.79 Å². The van der Waals surface area contributed by atoms with Crippen LogP contribution in [0.3, 0.4) is 0 Å². The molecule has 0 saturated carbocycles. The molecule has 0 atom stereocenters. The van der Waals surface area contributed by atoms with Crippen molar-refractivity contribution in [3.8, 4) is 11.3 Å². The fourth-order valence-corrected chi connectivity index (χ4v) is 2.35. The van der Waals surface area contributed by atoms with E-state index in [9.17, 15) is 9.90 Å². The van der Waals surface area contributed by atoms with Crippen molar-refractivity contribution in [2.45, 2.75) is 39.3 Å². The summed E-state index contributed by atoms with van der Waals surface area (Å²) in [5.74, 6) is 0. The highest BCUT2D eigenvalue weighted by Gasteiger charge is 2.09. The highest BCUT2D eigenvalue weighted by molar-refractivity contribution is 5.59. The number of hydrogen-bond acceptors (Lipinski definition) is 2. The third kappa shape index (κ3) is 3.17. The van der Waals surface area contributed by atoms with E-state index in [0.29, 0.717) is 12.1 Å². The summed E-state index contributed by atoms with van der Waals surface area (Å²) in [5.41, 5.74) is 2.33. The third-order valence-electron chi connectivity index (χ3n) is 3.48. The molecule has 0 aliphatic rings. The molecule has 2 aromatic rings. The topological polar surface area (TPSA) is 42.2 Å². The molecule has 0 saturated heterocycles. The van der Waals surface area contributed by atoms with Gasteiger partial charge in [-0.2, -0.15) is 0 Å². The second kappa shape index (κ2) is 7.06.